The highest BCUT2D eigenvalue weighted by Crippen LogP contribution is 2.39. The van der Waals surface area contributed by atoms with E-state index in [1.54, 1.807) is 7.11 Å². The van der Waals surface area contributed by atoms with Crippen LogP contribution in [-0.2, 0) is 4.65 Å². The molecule has 0 amide bonds. The molecule has 0 radical (unpaired) electrons. The van der Waals surface area contributed by atoms with Gasteiger partial charge in [0, 0.05) is 18.1 Å². The summed E-state index contributed by atoms with van der Waals surface area (Å²) < 4.78 is 16.4. The minimum Gasteiger partial charge on any atom is -0.493 e. The average Bonchev–Trinajstić information content (AvgIpc) is 3.12. The van der Waals surface area contributed by atoms with Crippen molar-refractivity contribution in [2.24, 2.45) is 0 Å². The van der Waals surface area contributed by atoms with Crippen molar-refractivity contribution in [3.8, 4) is 28.7 Å². The van der Waals surface area contributed by atoms with Crippen LogP contribution in [0.15, 0.2) is 36.4 Å². The van der Waals surface area contributed by atoms with Gasteiger partial charge in [-0.2, -0.15) is 5.26 Å². The van der Waals surface area contributed by atoms with Crippen LogP contribution in [0, 0.1) is 11.3 Å². The highest BCUT2D eigenvalue weighted by atomic mass is 16.5. The molecule has 1 fully saturated rings. The fourth-order valence-electron chi connectivity index (χ4n) is 3.22. The van der Waals surface area contributed by atoms with E-state index < -0.39 is 7.12 Å². The molecule has 1 aliphatic heterocycles. The minimum atomic E-state index is -0.701. The van der Waals surface area contributed by atoms with E-state index >= 15 is 0 Å². The second kappa shape index (κ2) is 8.26. The first-order valence-corrected chi connectivity index (χ1v) is 8.81. The number of nitrogens with zero attached hydrogens (tertiary/aromatic N) is 1. The Labute approximate surface area is 154 Å². The molecule has 0 unspecified atom stereocenters. The molecule has 0 bridgehead atoms. The van der Waals surface area contributed by atoms with Crippen LogP contribution in [-0.4, -0.2) is 32.5 Å². The summed E-state index contributed by atoms with van der Waals surface area (Å²) in [6, 6.07) is 14.0. The Morgan fingerprint density at radius 2 is 2.19 bits per heavy atom. The van der Waals surface area contributed by atoms with Crippen molar-refractivity contribution in [2.45, 2.75) is 25.6 Å². The predicted molar refractivity (Wildman–Crippen MR) is 100 cm³/mol. The van der Waals surface area contributed by atoms with Crippen molar-refractivity contribution in [1.82, 2.24) is 0 Å². The summed E-state index contributed by atoms with van der Waals surface area (Å²) in [5.41, 5.74) is 3.30. The standard InChI is InChI=1S/C20H22BNO4/c1-3-9-25-20-18(12-22)17(7-8-19(20)24-2)15-6-4-5-14(10-15)16-11-21(23)26-13-16/h4-8,10,16,23H,3,9,11,13H2,1-2H3/t16-/m1/s1. The van der Waals surface area contributed by atoms with Gasteiger partial charge in [-0.05, 0) is 36.0 Å². The van der Waals surface area contributed by atoms with Gasteiger partial charge < -0.3 is 19.2 Å². The van der Waals surface area contributed by atoms with Gasteiger partial charge in [0.1, 0.15) is 11.6 Å². The second-order valence-electron chi connectivity index (χ2n) is 6.33. The Hall–Kier alpha value is -2.49. The molecule has 0 spiro atoms. The highest BCUT2D eigenvalue weighted by molar-refractivity contribution is 6.43. The third kappa shape index (κ3) is 3.69. The molecule has 3 rings (SSSR count). The Morgan fingerprint density at radius 1 is 1.35 bits per heavy atom. The van der Waals surface area contributed by atoms with Crippen LogP contribution in [0.25, 0.3) is 11.1 Å². The van der Waals surface area contributed by atoms with Crippen LogP contribution in [0.3, 0.4) is 0 Å². The van der Waals surface area contributed by atoms with Crippen molar-refractivity contribution in [2.75, 3.05) is 20.3 Å². The molecule has 1 N–H and O–H groups in total. The predicted octanol–water partition coefficient (Wildman–Crippen LogP) is 3.62. The summed E-state index contributed by atoms with van der Waals surface area (Å²) in [6.45, 7) is 3.04. The van der Waals surface area contributed by atoms with Crippen LogP contribution >= 0.6 is 0 Å². The Morgan fingerprint density at radius 3 is 2.85 bits per heavy atom. The van der Waals surface area contributed by atoms with E-state index in [0.717, 1.165) is 23.1 Å². The Bertz CT molecular complexity index is 818. The smallest absolute Gasteiger partial charge is 0.454 e. The Balaban J connectivity index is 2.02. The molecule has 1 heterocycles. The van der Waals surface area contributed by atoms with Gasteiger partial charge in [-0.1, -0.05) is 31.2 Å². The number of nitriles is 1. The minimum absolute atomic E-state index is 0.157. The number of methoxy groups -OCH3 is 1. The van der Waals surface area contributed by atoms with Gasteiger partial charge in [0.2, 0.25) is 0 Å². The topological polar surface area (TPSA) is 71.7 Å². The maximum Gasteiger partial charge on any atom is 0.454 e. The van der Waals surface area contributed by atoms with E-state index in [0.29, 0.717) is 36.6 Å². The van der Waals surface area contributed by atoms with Crippen LogP contribution in [0.1, 0.15) is 30.4 Å². The summed E-state index contributed by atoms with van der Waals surface area (Å²) in [6.07, 6.45) is 1.43. The number of ether oxygens (including phenoxy) is 2. The van der Waals surface area contributed by atoms with E-state index in [4.69, 9.17) is 14.1 Å². The van der Waals surface area contributed by atoms with Gasteiger partial charge >= 0.3 is 7.12 Å². The van der Waals surface area contributed by atoms with E-state index in [1.807, 2.05) is 37.3 Å². The lowest BCUT2D eigenvalue weighted by Gasteiger charge is -2.16. The van der Waals surface area contributed by atoms with Crippen molar-refractivity contribution in [3.63, 3.8) is 0 Å². The number of benzene rings is 2. The quantitative estimate of drug-likeness (QED) is 0.805. The van der Waals surface area contributed by atoms with E-state index in [9.17, 15) is 10.3 Å². The molecule has 6 heteroatoms. The van der Waals surface area contributed by atoms with Gasteiger partial charge in [-0.25, -0.2) is 0 Å². The summed E-state index contributed by atoms with van der Waals surface area (Å²) >= 11 is 0. The highest BCUT2D eigenvalue weighted by Gasteiger charge is 2.30. The number of hydrogen-bond donors (Lipinski definition) is 1. The van der Waals surface area contributed by atoms with Gasteiger partial charge in [0.25, 0.3) is 0 Å². The van der Waals surface area contributed by atoms with E-state index in [-0.39, 0.29) is 5.92 Å². The van der Waals surface area contributed by atoms with E-state index in [2.05, 4.69) is 12.1 Å². The molecule has 1 aliphatic rings. The summed E-state index contributed by atoms with van der Waals surface area (Å²) in [4.78, 5) is 0. The van der Waals surface area contributed by atoms with Crippen LogP contribution in [0.4, 0.5) is 0 Å². The molecule has 1 atom stereocenters. The van der Waals surface area contributed by atoms with Crippen LogP contribution < -0.4 is 9.47 Å². The van der Waals surface area contributed by atoms with E-state index in [1.165, 1.54) is 0 Å². The lowest BCUT2D eigenvalue weighted by atomic mass is 9.79. The summed E-state index contributed by atoms with van der Waals surface area (Å²) in [5, 5.41) is 19.4. The monoisotopic (exact) mass is 351 g/mol. The molecule has 5 nitrogen and oxygen atoms in total. The van der Waals surface area contributed by atoms with Gasteiger partial charge in [0.05, 0.1) is 13.7 Å². The zero-order valence-corrected chi connectivity index (χ0v) is 15.1. The van der Waals surface area contributed by atoms with Gasteiger partial charge in [-0.15, -0.1) is 0 Å². The van der Waals surface area contributed by atoms with Crippen molar-refractivity contribution < 1.29 is 19.2 Å². The van der Waals surface area contributed by atoms with Crippen LogP contribution in [0.5, 0.6) is 11.5 Å². The third-order valence-corrected chi connectivity index (χ3v) is 4.55. The Kier molecular flexibility index (Phi) is 5.82. The molecular weight excluding hydrogens is 329 g/mol. The molecule has 134 valence electrons. The molecule has 0 aromatic heterocycles. The normalized spacial score (nSPS) is 16.4. The fraction of sp³-hybridized carbons (Fsp3) is 0.350. The number of rotatable bonds is 6. The third-order valence-electron chi connectivity index (χ3n) is 4.55. The summed E-state index contributed by atoms with van der Waals surface area (Å²) in [5.74, 6) is 1.20. The van der Waals surface area contributed by atoms with Crippen LogP contribution in [0.2, 0.25) is 6.32 Å². The maximum atomic E-state index is 9.76. The molecule has 2 aromatic carbocycles. The van der Waals surface area contributed by atoms with Crippen molar-refractivity contribution in [3.05, 3.63) is 47.5 Å². The first-order valence-electron chi connectivity index (χ1n) is 8.81. The molecule has 0 aliphatic carbocycles. The molecule has 0 saturated carbocycles. The van der Waals surface area contributed by atoms with Crippen molar-refractivity contribution >= 4 is 7.12 Å². The molecule has 2 aromatic rings. The second-order valence-corrected chi connectivity index (χ2v) is 6.33. The molecule has 26 heavy (non-hydrogen) atoms. The number of hydrogen-bond acceptors (Lipinski definition) is 5. The van der Waals surface area contributed by atoms with Crippen molar-refractivity contribution in [1.29, 1.82) is 5.26 Å². The summed E-state index contributed by atoms with van der Waals surface area (Å²) in [7, 11) is 0.870. The lowest BCUT2D eigenvalue weighted by molar-refractivity contribution is 0.292. The SMILES string of the molecule is CCCOc1c(OC)ccc(-c2cccc([C@H]3COB(O)C3)c2)c1C#N. The first-order chi connectivity index (χ1) is 12.7. The van der Waals surface area contributed by atoms with Gasteiger partial charge in [0.15, 0.2) is 11.5 Å². The first kappa shape index (κ1) is 18.3. The zero-order valence-electron chi connectivity index (χ0n) is 15.1. The molecular formula is C20H22BNO4. The fourth-order valence-corrected chi connectivity index (χ4v) is 3.22. The zero-order chi connectivity index (χ0) is 18.5. The lowest BCUT2D eigenvalue weighted by Crippen LogP contribution is -2.07. The largest absolute Gasteiger partial charge is 0.493 e. The average molecular weight is 351 g/mol. The van der Waals surface area contributed by atoms with Gasteiger partial charge in [-0.3, -0.25) is 0 Å². The maximum absolute atomic E-state index is 9.76. The molecule has 1 saturated heterocycles.